The van der Waals surface area contributed by atoms with E-state index >= 15 is 0 Å². The Bertz CT molecular complexity index is 213. The quantitative estimate of drug-likeness (QED) is 0.737. The van der Waals surface area contributed by atoms with E-state index in [2.05, 4.69) is 0 Å². The van der Waals surface area contributed by atoms with E-state index in [-0.39, 0.29) is 18.4 Å². The van der Waals surface area contributed by atoms with Gasteiger partial charge in [-0.25, -0.2) is 0 Å². The minimum atomic E-state index is -0.489. The van der Waals surface area contributed by atoms with Crippen LogP contribution in [0.3, 0.4) is 0 Å². The Kier molecular flexibility index (Phi) is 4.90. The van der Waals surface area contributed by atoms with Crippen LogP contribution in [0.1, 0.15) is 18.5 Å². The predicted molar refractivity (Wildman–Crippen MR) is 52.3 cm³/mol. The molecule has 2 nitrogen and oxygen atoms in total. The summed E-state index contributed by atoms with van der Waals surface area (Å²) in [7, 11) is 0. The molecule has 0 amide bonds. The molecule has 0 unspecified atom stereocenters. The largest absolute Gasteiger partial charge is 0.391 e. The van der Waals surface area contributed by atoms with Crippen molar-refractivity contribution < 1.29 is 5.11 Å². The number of aliphatic hydroxyl groups is 1. The number of nitrogens with two attached hydrogens (primary N) is 1. The molecule has 0 saturated heterocycles. The van der Waals surface area contributed by atoms with Crippen LogP contribution in [-0.2, 0) is 0 Å². The zero-order chi connectivity index (χ0) is 8.27. The fourth-order valence-corrected chi connectivity index (χ4v) is 0.954. The number of hydrogen-bond acceptors (Lipinski definition) is 2. The summed E-state index contributed by atoms with van der Waals surface area (Å²) in [5.41, 5.74) is 6.66. The predicted octanol–water partition coefficient (Wildman–Crippen LogP) is 1.49. The van der Waals surface area contributed by atoms with Gasteiger partial charge in [-0.2, -0.15) is 0 Å². The number of halogens is 1. The summed E-state index contributed by atoms with van der Waals surface area (Å²) >= 11 is 0. The smallest absolute Gasteiger partial charge is 0.0704 e. The molecule has 0 heterocycles. The molecule has 0 aliphatic carbocycles. The molecule has 0 aromatic heterocycles. The van der Waals surface area contributed by atoms with Gasteiger partial charge in [0.2, 0.25) is 0 Å². The molecular formula is C9H14ClNO. The van der Waals surface area contributed by atoms with Crippen LogP contribution in [0, 0.1) is 0 Å². The van der Waals surface area contributed by atoms with Crippen LogP contribution in [0.4, 0.5) is 0 Å². The lowest BCUT2D eigenvalue weighted by atomic mass is 10.0. The fraction of sp³-hybridized carbons (Fsp3) is 0.333. The van der Waals surface area contributed by atoms with Gasteiger partial charge in [-0.1, -0.05) is 30.3 Å². The normalized spacial score (nSPS) is 14.6. The van der Waals surface area contributed by atoms with Crippen molar-refractivity contribution in [2.45, 2.75) is 19.1 Å². The molecule has 0 aliphatic rings. The second kappa shape index (κ2) is 5.14. The van der Waals surface area contributed by atoms with Gasteiger partial charge in [0, 0.05) is 0 Å². The van der Waals surface area contributed by atoms with Crippen molar-refractivity contribution in [3.05, 3.63) is 35.9 Å². The maximum Gasteiger partial charge on any atom is 0.0704 e. The van der Waals surface area contributed by atoms with Crippen LogP contribution in [0.5, 0.6) is 0 Å². The van der Waals surface area contributed by atoms with E-state index in [1.807, 2.05) is 30.3 Å². The molecule has 3 N–H and O–H groups in total. The summed E-state index contributed by atoms with van der Waals surface area (Å²) in [6.45, 7) is 1.69. The second-order valence-corrected chi connectivity index (χ2v) is 2.68. The van der Waals surface area contributed by atoms with E-state index in [0.29, 0.717) is 0 Å². The van der Waals surface area contributed by atoms with Crippen LogP contribution < -0.4 is 5.73 Å². The Hall–Kier alpha value is -0.570. The summed E-state index contributed by atoms with van der Waals surface area (Å²) in [5, 5.41) is 9.15. The van der Waals surface area contributed by atoms with Gasteiger partial charge >= 0.3 is 0 Å². The molecule has 1 aromatic carbocycles. The minimum Gasteiger partial charge on any atom is -0.391 e. The molecule has 0 fully saturated rings. The Morgan fingerprint density at radius 3 is 2.17 bits per heavy atom. The maximum absolute atomic E-state index is 9.15. The maximum atomic E-state index is 9.15. The number of aliphatic hydroxyl groups excluding tert-OH is 1. The lowest BCUT2D eigenvalue weighted by Gasteiger charge is -2.14. The Labute approximate surface area is 78.8 Å². The van der Waals surface area contributed by atoms with E-state index in [4.69, 9.17) is 10.8 Å². The van der Waals surface area contributed by atoms with Gasteiger partial charge in [0.25, 0.3) is 0 Å². The standard InChI is InChI=1S/C9H13NO.ClH/c1-7(11)9(10)8-5-3-2-4-6-8;/h2-7,9,11H,10H2,1H3;1H/t7-,9-;/m1./s1. The summed E-state index contributed by atoms with van der Waals surface area (Å²) in [4.78, 5) is 0. The highest BCUT2D eigenvalue weighted by Crippen LogP contribution is 2.12. The van der Waals surface area contributed by atoms with Gasteiger partial charge in [-0.3, -0.25) is 0 Å². The molecule has 0 spiro atoms. The van der Waals surface area contributed by atoms with Crippen LogP contribution in [-0.4, -0.2) is 11.2 Å². The van der Waals surface area contributed by atoms with Crippen molar-refractivity contribution in [2.75, 3.05) is 0 Å². The second-order valence-electron chi connectivity index (χ2n) is 2.68. The molecule has 3 heteroatoms. The topological polar surface area (TPSA) is 46.2 Å². The van der Waals surface area contributed by atoms with Crippen molar-refractivity contribution in [3.8, 4) is 0 Å². The molecular weight excluding hydrogens is 174 g/mol. The minimum absolute atomic E-state index is 0. The lowest BCUT2D eigenvalue weighted by molar-refractivity contribution is 0.164. The van der Waals surface area contributed by atoms with Gasteiger partial charge in [-0.15, -0.1) is 12.4 Å². The van der Waals surface area contributed by atoms with Crippen molar-refractivity contribution in [3.63, 3.8) is 0 Å². The molecule has 1 aromatic rings. The van der Waals surface area contributed by atoms with E-state index in [1.54, 1.807) is 6.92 Å². The first kappa shape index (κ1) is 11.4. The molecule has 0 radical (unpaired) electrons. The van der Waals surface area contributed by atoms with Gasteiger partial charge in [-0.05, 0) is 12.5 Å². The van der Waals surface area contributed by atoms with Gasteiger partial charge in [0.1, 0.15) is 0 Å². The lowest BCUT2D eigenvalue weighted by Crippen LogP contribution is -2.22. The highest BCUT2D eigenvalue weighted by atomic mass is 35.5. The average Bonchev–Trinajstić information content (AvgIpc) is 2.05. The molecule has 0 bridgehead atoms. The molecule has 12 heavy (non-hydrogen) atoms. The van der Waals surface area contributed by atoms with Gasteiger partial charge in [0.05, 0.1) is 12.1 Å². The molecule has 2 atom stereocenters. The van der Waals surface area contributed by atoms with Crippen molar-refractivity contribution >= 4 is 12.4 Å². The van der Waals surface area contributed by atoms with Crippen LogP contribution in [0.25, 0.3) is 0 Å². The third-order valence-electron chi connectivity index (χ3n) is 1.70. The molecule has 68 valence electrons. The van der Waals surface area contributed by atoms with Crippen LogP contribution >= 0.6 is 12.4 Å². The fourth-order valence-electron chi connectivity index (χ4n) is 0.954. The summed E-state index contributed by atoms with van der Waals surface area (Å²) < 4.78 is 0. The zero-order valence-corrected chi connectivity index (χ0v) is 7.79. The third-order valence-corrected chi connectivity index (χ3v) is 1.70. The van der Waals surface area contributed by atoms with Crippen molar-refractivity contribution in [2.24, 2.45) is 5.73 Å². The number of hydrogen-bond donors (Lipinski definition) is 2. The Balaban J connectivity index is 0.00000121. The Morgan fingerprint density at radius 2 is 1.75 bits per heavy atom. The first-order valence-corrected chi connectivity index (χ1v) is 3.70. The van der Waals surface area contributed by atoms with Gasteiger partial charge < -0.3 is 10.8 Å². The monoisotopic (exact) mass is 187 g/mol. The summed E-state index contributed by atoms with van der Waals surface area (Å²) in [6, 6.07) is 9.32. The van der Waals surface area contributed by atoms with Crippen molar-refractivity contribution in [1.29, 1.82) is 0 Å². The zero-order valence-electron chi connectivity index (χ0n) is 6.97. The molecule has 0 saturated carbocycles. The highest BCUT2D eigenvalue weighted by Gasteiger charge is 2.09. The summed E-state index contributed by atoms with van der Waals surface area (Å²) in [6.07, 6.45) is -0.489. The van der Waals surface area contributed by atoms with E-state index in [1.165, 1.54) is 0 Å². The number of rotatable bonds is 2. The first-order chi connectivity index (χ1) is 5.22. The SMILES string of the molecule is C[C@@H](O)[C@@H](N)c1ccccc1.Cl. The summed E-state index contributed by atoms with van der Waals surface area (Å²) in [5.74, 6) is 0. The van der Waals surface area contributed by atoms with E-state index in [9.17, 15) is 0 Å². The van der Waals surface area contributed by atoms with Crippen LogP contribution in [0.15, 0.2) is 30.3 Å². The van der Waals surface area contributed by atoms with E-state index < -0.39 is 6.10 Å². The number of benzene rings is 1. The third kappa shape index (κ3) is 2.81. The van der Waals surface area contributed by atoms with Crippen molar-refractivity contribution in [1.82, 2.24) is 0 Å². The average molecular weight is 188 g/mol. The molecule has 0 aliphatic heterocycles. The van der Waals surface area contributed by atoms with Crippen LogP contribution in [0.2, 0.25) is 0 Å². The Morgan fingerprint density at radius 1 is 1.25 bits per heavy atom. The van der Waals surface area contributed by atoms with Gasteiger partial charge in [0.15, 0.2) is 0 Å². The van der Waals surface area contributed by atoms with E-state index in [0.717, 1.165) is 5.56 Å². The first-order valence-electron chi connectivity index (χ1n) is 3.70. The molecule has 1 rings (SSSR count). The highest BCUT2D eigenvalue weighted by molar-refractivity contribution is 5.85.